The number of hydrogen-bond acceptors (Lipinski definition) is 2. The molecule has 0 amide bonds. The number of hydrogen-bond donors (Lipinski definition) is 0. The molecule has 2 heterocycles. The predicted octanol–water partition coefficient (Wildman–Crippen LogP) is 6.52. The Morgan fingerprint density at radius 2 is 1.04 bits per heavy atom. The van der Waals surface area contributed by atoms with Crippen LogP contribution in [0.1, 0.15) is 27.7 Å². The van der Waals surface area contributed by atoms with E-state index in [1.807, 2.05) is 0 Å². The van der Waals surface area contributed by atoms with Gasteiger partial charge in [0.15, 0.2) is 0 Å². The number of rotatable bonds is 2. The van der Waals surface area contributed by atoms with E-state index in [1.165, 1.54) is 49.5 Å². The van der Waals surface area contributed by atoms with Crippen molar-refractivity contribution in [3.8, 4) is 0 Å². The lowest BCUT2D eigenvalue weighted by Crippen LogP contribution is -2.51. The Morgan fingerprint density at radius 3 is 1.28 bits per heavy atom. The number of allylic oxidation sites excluding steroid dienone is 6. The quantitative estimate of drug-likeness (QED) is 0.382. The summed E-state index contributed by atoms with van der Waals surface area (Å²) in [6.45, 7) is 6.02. The molecule has 2 atom stereocenters. The van der Waals surface area contributed by atoms with Gasteiger partial charge in [0.1, 0.15) is 0 Å². The summed E-state index contributed by atoms with van der Waals surface area (Å²) in [5, 5.41) is 0. The summed E-state index contributed by atoms with van der Waals surface area (Å²) in [4.78, 5) is 1.34. The second kappa shape index (κ2) is 5.27. The van der Waals surface area contributed by atoms with Gasteiger partial charge in [0.25, 0.3) is 0 Å². The van der Waals surface area contributed by atoms with Crippen molar-refractivity contribution in [3.63, 3.8) is 0 Å². The van der Waals surface area contributed by atoms with Crippen LogP contribution in [0, 0.1) is 10.8 Å². The van der Waals surface area contributed by atoms with E-state index in [2.05, 4.69) is 0 Å². The van der Waals surface area contributed by atoms with Gasteiger partial charge in [0.05, 0.1) is 0 Å². The van der Waals surface area contributed by atoms with Gasteiger partial charge >= 0.3 is 17.8 Å². The van der Waals surface area contributed by atoms with Gasteiger partial charge in [-0.2, -0.15) is 26.3 Å². The van der Waals surface area contributed by atoms with Crippen LogP contribution in [0.4, 0.5) is 26.3 Å². The van der Waals surface area contributed by atoms with Crippen LogP contribution in [0.5, 0.6) is 0 Å². The van der Waals surface area contributed by atoms with Crippen molar-refractivity contribution in [2.45, 2.75) is 45.5 Å². The Morgan fingerprint density at radius 1 is 0.720 bits per heavy atom. The van der Waals surface area contributed by atoms with Crippen molar-refractivity contribution < 1.29 is 26.3 Å². The van der Waals surface area contributed by atoms with Crippen LogP contribution in [0.2, 0.25) is 0 Å². The fraction of sp³-hybridized carbons (Fsp3) is 0.647. The van der Waals surface area contributed by atoms with Crippen molar-refractivity contribution in [2.75, 3.05) is 11.5 Å². The molecule has 0 aromatic heterocycles. The van der Waals surface area contributed by atoms with E-state index >= 15 is 0 Å². The van der Waals surface area contributed by atoms with Crippen LogP contribution in [-0.4, -0.2) is 29.3 Å². The number of thioether (sulfide) groups is 2. The molecule has 0 saturated carbocycles. The lowest BCUT2D eigenvalue weighted by Gasteiger charge is -2.33. The van der Waals surface area contributed by atoms with Crippen molar-refractivity contribution >= 4 is 23.5 Å². The summed E-state index contributed by atoms with van der Waals surface area (Å²) in [6, 6.07) is 0. The van der Waals surface area contributed by atoms with Gasteiger partial charge in [-0.25, -0.2) is 0 Å². The molecule has 3 aliphatic rings. The first-order valence-corrected chi connectivity index (χ1v) is 9.70. The minimum Gasteiger partial charge on any atom is -0.194 e. The molecule has 0 fully saturated rings. The molecule has 8 heteroatoms. The molecular formula is C17H18F6S2. The van der Waals surface area contributed by atoms with Crippen LogP contribution in [0.15, 0.2) is 33.1 Å². The molecule has 2 unspecified atom stereocenters. The van der Waals surface area contributed by atoms with E-state index in [0.29, 0.717) is 9.81 Å². The van der Waals surface area contributed by atoms with E-state index in [4.69, 9.17) is 0 Å². The highest BCUT2D eigenvalue weighted by molar-refractivity contribution is 8.03. The van der Waals surface area contributed by atoms with Crippen LogP contribution in [0.25, 0.3) is 0 Å². The molecule has 2 aliphatic heterocycles. The third-order valence-corrected chi connectivity index (χ3v) is 7.69. The molecular weight excluding hydrogens is 382 g/mol. The highest BCUT2D eigenvalue weighted by Gasteiger charge is 2.83. The second-order valence-corrected chi connectivity index (χ2v) is 9.84. The third kappa shape index (κ3) is 2.38. The summed E-state index contributed by atoms with van der Waals surface area (Å²) in [5.74, 6) is -15.2. The van der Waals surface area contributed by atoms with Crippen molar-refractivity contribution in [2.24, 2.45) is 10.8 Å². The average Bonchev–Trinajstić information content (AvgIpc) is 3.01. The first-order valence-electron chi connectivity index (χ1n) is 7.73. The fourth-order valence-corrected chi connectivity index (χ4v) is 6.19. The standard InChI is InChI=1S/C17H18F6S2/c1-9-5-13(3,7-24-9)11-12(14(4)6-10(2)25-8-14)16(20,21)17(22,23)15(11,18)19/h5-6H,7-8H2,1-4H3. The Hall–Kier alpha value is -0.500. The third-order valence-electron chi connectivity index (χ3n) is 5.05. The minimum absolute atomic E-state index is 0.0470. The van der Waals surface area contributed by atoms with Gasteiger partial charge in [0.2, 0.25) is 0 Å². The zero-order valence-electron chi connectivity index (χ0n) is 14.2. The van der Waals surface area contributed by atoms with Crippen LogP contribution in [-0.2, 0) is 0 Å². The van der Waals surface area contributed by atoms with Gasteiger partial charge < -0.3 is 0 Å². The summed E-state index contributed by atoms with van der Waals surface area (Å²) in [7, 11) is 0. The molecule has 0 bridgehead atoms. The molecule has 0 aromatic rings. The van der Waals surface area contributed by atoms with Gasteiger partial charge in [-0.1, -0.05) is 26.0 Å². The predicted molar refractivity (Wildman–Crippen MR) is 90.5 cm³/mol. The smallest absolute Gasteiger partial charge is 0.194 e. The Balaban J connectivity index is 2.35. The maximum absolute atomic E-state index is 14.7. The number of alkyl halides is 6. The zero-order valence-corrected chi connectivity index (χ0v) is 15.8. The summed E-state index contributed by atoms with van der Waals surface area (Å²) in [5.41, 5.74) is -5.27. The summed E-state index contributed by atoms with van der Waals surface area (Å²) in [6.07, 6.45) is 2.83. The Labute approximate surface area is 151 Å². The summed E-state index contributed by atoms with van der Waals surface area (Å²) >= 11 is 2.44. The minimum atomic E-state index is -5.44. The molecule has 3 rings (SSSR count). The van der Waals surface area contributed by atoms with Crippen LogP contribution in [0.3, 0.4) is 0 Å². The average molecular weight is 400 g/mol. The first kappa shape index (κ1) is 19.3. The monoisotopic (exact) mass is 400 g/mol. The Kier molecular flexibility index (Phi) is 4.06. The molecule has 140 valence electrons. The van der Waals surface area contributed by atoms with Gasteiger partial charge in [-0.05, 0) is 23.7 Å². The highest BCUT2D eigenvalue weighted by atomic mass is 32.2. The van der Waals surface area contributed by atoms with Gasteiger partial charge in [0, 0.05) is 33.5 Å². The van der Waals surface area contributed by atoms with E-state index in [9.17, 15) is 26.3 Å². The lowest BCUT2D eigenvalue weighted by molar-refractivity contribution is -0.268. The molecule has 0 nitrogen and oxygen atoms in total. The van der Waals surface area contributed by atoms with Gasteiger partial charge in [-0.15, -0.1) is 23.5 Å². The molecule has 0 N–H and O–H groups in total. The van der Waals surface area contributed by atoms with Crippen molar-refractivity contribution in [3.05, 3.63) is 33.1 Å². The SMILES string of the molecule is CC1=CC(C)(C2=C(C3(C)C=C(C)SC3)C(F)(F)C(F)(F)C2(F)F)CS1. The lowest BCUT2D eigenvalue weighted by atomic mass is 9.73. The van der Waals surface area contributed by atoms with Gasteiger partial charge in [-0.3, -0.25) is 0 Å². The first-order chi connectivity index (χ1) is 11.2. The molecule has 0 aromatic carbocycles. The maximum Gasteiger partial charge on any atom is 0.380 e. The van der Waals surface area contributed by atoms with Crippen molar-refractivity contribution in [1.82, 2.24) is 0 Å². The van der Waals surface area contributed by atoms with E-state index in [1.54, 1.807) is 13.8 Å². The molecule has 0 saturated heterocycles. The molecule has 0 spiro atoms. The normalized spacial score (nSPS) is 39.0. The largest absolute Gasteiger partial charge is 0.380 e. The maximum atomic E-state index is 14.7. The molecule has 25 heavy (non-hydrogen) atoms. The summed E-state index contributed by atoms with van der Waals surface area (Å²) < 4.78 is 87.4. The van der Waals surface area contributed by atoms with Crippen LogP contribution < -0.4 is 0 Å². The molecule has 1 aliphatic carbocycles. The topological polar surface area (TPSA) is 0 Å². The van der Waals surface area contributed by atoms with Crippen molar-refractivity contribution in [1.29, 1.82) is 0 Å². The fourth-order valence-electron chi connectivity index (χ4n) is 3.99. The van der Waals surface area contributed by atoms with E-state index < -0.39 is 39.7 Å². The second-order valence-electron chi connectivity index (χ2n) is 7.40. The van der Waals surface area contributed by atoms with E-state index in [-0.39, 0.29) is 11.5 Å². The van der Waals surface area contributed by atoms with E-state index in [0.717, 1.165) is 0 Å². The highest BCUT2D eigenvalue weighted by Crippen LogP contribution is 2.69. The zero-order chi connectivity index (χ0) is 19.1. The number of halogens is 6. The Bertz CT molecular complexity index is 663. The molecule has 0 radical (unpaired) electrons. The van der Waals surface area contributed by atoms with Crippen LogP contribution >= 0.6 is 23.5 Å².